The molecule has 0 bridgehead atoms. The largest absolute Gasteiger partial charge is 0.483 e. The third kappa shape index (κ3) is 5.31. The molecular weight excluding hydrogens is 342 g/mol. The van der Waals surface area contributed by atoms with E-state index in [1.54, 1.807) is 24.3 Å². The van der Waals surface area contributed by atoms with Crippen molar-refractivity contribution in [1.82, 2.24) is 4.90 Å². The van der Waals surface area contributed by atoms with Crippen molar-refractivity contribution in [2.24, 2.45) is 0 Å². The SMILES string of the molecule is CN1CCC(Nc2ccccc2NC(=O)COc2ccccc2C=O)CC1. The Labute approximate surface area is 159 Å². The van der Waals surface area contributed by atoms with E-state index < -0.39 is 0 Å². The van der Waals surface area contributed by atoms with Gasteiger partial charge >= 0.3 is 0 Å². The highest BCUT2D eigenvalue weighted by atomic mass is 16.5. The number of para-hydroxylation sites is 3. The number of nitrogens with zero attached hydrogens (tertiary/aromatic N) is 1. The van der Waals surface area contributed by atoms with Gasteiger partial charge in [-0.3, -0.25) is 9.59 Å². The summed E-state index contributed by atoms with van der Waals surface area (Å²) in [6.07, 6.45) is 2.86. The molecule has 0 atom stereocenters. The van der Waals surface area contributed by atoms with Crippen molar-refractivity contribution < 1.29 is 14.3 Å². The van der Waals surface area contributed by atoms with Gasteiger partial charge in [-0.2, -0.15) is 0 Å². The van der Waals surface area contributed by atoms with Crippen LogP contribution in [0.15, 0.2) is 48.5 Å². The average Bonchev–Trinajstić information content (AvgIpc) is 2.70. The number of benzene rings is 2. The molecule has 0 spiro atoms. The van der Waals surface area contributed by atoms with Gasteiger partial charge in [-0.25, -0.2) is 0 Å². The van der Waals surface area contributed by atoms with E-state index in [4.69, 9.17) is 4.74 Å². The van der Waals surface area contributed by atoms with Gasteiger partial charge in [0.1, 0.15) is 5.75 Å². The van der Waals surface area contributed by atoms with Crippen molar-refractivity contribution in [1.29, 1.82) is 0 Å². The van der Waals surface area contributed by atoms with Crippen molar-refractivity contribution in [3.8, 4) is 5.75 Å². The monoisotopic (exact) mass is 367 g/mol. The zero-order valence-corrected chi connectivity index (χ0v) is 15.5. The molecule has 2 aromatic carbocycles. The van der Waals surface area contributed by atoms with Crippen LogP contribution in [0.3, 0.4) is 0 Å². The fraction of sp³-hybridized carbons (Fsp3) is 0.333. The van der Waals surface area contributed by atoms with Gasteiger partial charge in [0.05, 0.1) is 16.9 Å². The Kier molecular flexibility index (Phi) is 6.44. The number of nitrogens with one attached hydrogen (secondary N) is 2. The van der Waals surface area contributed by atoms with E-state index in [-0.39, 0.29) is 12.5 Å². The number of rotatable bonds is 7. The van der Waals surface area contributed by atoms with Crippen molar-refractivity contribution in [2.75, 3.05) is 37.4 Å². The van der Waals surface area contributed by atoms with E-state index in [2.05, 4.69) is 22.6 Å². The number of likely N-dealkylation sites (tertiary alicyclic amines) is 1. The number of amides is 1. The predicted molar refractivity (Wildman–Crippen MR) is 107 cm³/mol. The number of anilines is 2. The summed E-state index contributed by atoms with van der Waals surface area (Å²) in [5.41, 5.74) is 2.07. The Morgan fingerprint density at radius 3 is 2.52 bits per heavy atom. The smallest absolute Gasteiger partial charge is 0.262 e. The lowest BCUT2D eigenvalue weighted by Gasteiger charge is -2.30. The maximum Gasteiger partial charge on any atom is 0.262 e. The summed E-state index contributed by atoms with van der Waals surface area (Å²) < 4.78 is 5.49. The molecule has 1 aliphatic heterocycles. The fourth-order valence-electron chi connectivity index (χ4n) is 3.13. The first kappa shape index (κ1) is 18.9. The second-order valence-electron chi connectivity index (χ2n) is 6.76. The van der Waals surface area contributed by atoms with Crippen LogP contribution in [-0.4, -0.2) is 49.9 Å². The molecule has 3 rings (SSSR count). The Morgan fingerprint density at radius 2 is 1.78 bits per heavy atom. The van der Waals surface area contributed by atoms with Crippen molar-refractivity contribution in [3.63, 3.8) is 0 Å². The van der Waals surface area contributed by atoms with Gasteiger partial charge in [-0.1, -0.05) is 24.3 Å². The average molecular weight is 367 g/mol. The quantitative estimate of drug-likeness (QED) is 0.736. The van der Waals surface area contributed by atoms with Gasteiger partial charge in [0.2, 0.25) is 0 Å². The van der Waals surface area contributed by atoms with Crippen LogP contribution in [0.5, 0.6) is 5.75 Å². The first-order chi connectivity index (χ1) is 13.2. The lowest BCUT2D eigenvalue weighted by molar-refractivity contribution is -0.118. The molecule has 0 aliphatic carbocycles. The molecule has 1 heterocycles. The molecule has 6 heteroatoms. The van der Waals surface area contributed by atoms with Gasteiger partial charge in [-0.15, -0.1) is 0 Å². The third-order valence-corrected chi connectivity index (χ3v) is 4.68. The molecule has 2 N–H and O–H groups in total. The zero-order chi connectivity index (χ0) is 19.1. The van der Waals surface area contributed by atoms with E-state index in [1.807, 2.05) is 24.3 Å². The van der Waals surface area contributed by atoms with Crippen LogP contribution in [0.1, 0.15) is 23.2 Å². The van der Waals surface area contributed by atoms with E-state index in [0.717, 1.165) is 37.3 Å². The third-order valence-electron chi connectivity index (χ3n) is 4.68. The molecule has 0 saturated carbocycles. The molecule has 142 valence electrons. The lowest BCUT2D eigenvalue weighted by atomic mass is 10.0. The van der Waals surface area contributed by atoms with Gasteiger partial charge in [0, 0.05) is 6.04 Å². The number of ether oxygens (including phenoxy) is 1. The Balaban J connectivity index is 1.58. The second kappa shape index (κ2) is 9.19. The summed E-state index contributed by atoms with van der Waals surface area (Å²) in [4.78, 5) is 25.7. The topological polar surface area (TPSA) is 70.7 Å². The second-order valence-corrected chi connectivity index (χ2v) is 6.76. The van der Waals surface area contributed by atoms with Crippen LogP contribution in [0, 0.1) is 0 Å². The number of hydrogen-bond acceptors (Lipinski definition) is 5. The van der Waals surface area contributed by atoms with Crippen molar-refractivity contribution >= 4 is 23.6 Å². The number of carbonyl (C=O) groups is 2. The van der Waals surface area contributed by atoms with Crippen LogP contribution >= 0.6 is 0 Å². The standard InChI is InChI=1S/C21H25N3O3/c1-24-12-10-17(11-13-24)22-18-7-3-4-8-19(18)23-21(26)15-27-20-9-5-2-6-16(20)14-25/h2-9,14,17,22H,10-13,15H2,1H3,(H,23,26). The first-order valence-electron chi connectivity index (χ1n) is 9.16. The highest BCUT2D eigenvalue weighted by Crippen LogP contribution is 2.24. The van der Waals surface area contributed by atoms with Crippen LogP contribution in [0.2, 0.25) is 0 Å². The van der Waals surface area contributed by atoms with Gasteiger partial charge < -0.3 is 20.3 Å². The first-order valence-corrected chi connectivity index (χ1v) is 9.16. The highest BCUT2D eigenvalue weighted by molar-refractivity contribution is 5.95. The summed E-state index contributed by atoms with van der Waals surface area (Å²) in [7, 11) is 2.13. The molecular formula is C21H25N3O3. The zero-order valence-electron chi connectivity index (χ0n) is 15.5. The number of aldehydes is 1. The van der Waals surface area contributed by atoms with Gasteiger partial charge in [-0.05, 0) is 57.2 Å². The van der Waals surface area contributed by atoms with Crippen molar-refractivity contribution in [2.45, 2.75) is 18.9 Å². The minimum absolute atomic E-state index is 0.159. The molecule has 27 heavy (non-hydrogen) atoms. The van der Waals surface area contributed by atoms with Gasteiger partial charge in [0.25, 0.3) is 5.91 Å². The van der Waals surface area contributed by atoms with Crippen LogP contribution in [0.25, 0.3) is 0 Å². The van der Waals surface area contributed by atoms with E-state index in [9.17, 15) is 9.59 Å². The summed E-state index contributed by atoms with van der Waals surface area (Å²) in [6, 6.07) is 14.9. The number of hydrogen-bond donors (Lipinski definition) is 2. The Hall–Kier alpha value is -2.86. The number of piperidine rings is 1. The molecule has 1 saturated heterocycles. The van der Waals surface area contributed by atoms with E-state index in [0.29, 0.717) is 23.6 Å². The minimum Gasteiger partial charge on any atom is -0.483 e. The normalized spacial score (nSPS) is 15.1. The molecule has 0 aromatic heterocycles. The molecule has 1 fully saturated rings. The molecule has 2 aromatic rings. The molecule has 1 amide bonds. The summed E-state index contributed by atoms with van der Waals surface area (Å²) in [5.74, 6) is 0.133. The maximum absolute atomic E-state index is 12.3. The number of carbonyl (C=O) groups excluding carboxylic acids is 2. The predicted octanol–water partition coefficient (Wildman–Crippen LogP) is 3.02. The molecule has 1 aliphatic rings. The highest BCUT2D eigenvalue weighted by Gasteiger charge is 2.17. The fourth-order valence-corrected chi connectivity index (χ4v) is 3.13. The van der Waals surface area contributed by atoms with Crippen LogP contribution < -0.4 is 15.4 Å². The molecule has 6 nitrogen and oxygen atoms in total. The maximum atomic E-state index is 12.3. The minimum atomic E-state index is -0.270. The van der Waals surface area contributed by atoms with Crippen LogP contribution in [-0.2, 0) is 4.79 Å². The van der Waals surface area contributed by atoms with E-state index >= 15 is 0 Å². The summed E-state index contributed by atoms with van der Waals surface area (Å²) in [5, 5.41) is 6.43. The van der Waals surface area contributed by atoms with Crippen molar-refractivity contribution in [3.05, 3.63) is 54.1 Å². The summed E-state index contributed by atoms with van der Waals surface area (Å²) in [6.45, 7) is 1.97. The molecule has 0 unspecified atom stereocenters. The summed E-state index contributed by atoms with van der Waals surface area (Å²) >= 11 is 0. The van der Waals surface area contributed by atoms with Gasteiger partial charge in [0.15, 0.2) is 12.9 Å². The molecule has 0 radical (unpaired) electrons. The van der Waals surface area contributed by atoms with Crippen LogP contribution in [0.4, 0.5) is 11.4 Å². The lowest BCUT2D eigenvalue weighted by Crippen LogP contribution is -2.36. The van der Waals surface area contributed by atoms with E-state index in [1.165, 1.54) is 0 Å². The Bertz CT molecular complexity index is 786. The Morgan fingerprint density at radius 1 is 1.11 bits per heavy atom.